The fourth-order valence-corrected chi connectivity index (χ4v) is 2.04. The zero-order valence-corrected chi connectivity index (χ0v) is 11.6. The van der Waals surface area contributed by atoms with Crippen molar-refractivity contribution in [2.45, 2.75) is 6.92 Å². The lowest BCUT2D eigenvalue weighted by atomic mass is 10.3. The number of halogens is 1. The van der Waals surface area contributed by atoms with Crippen molar-refractivity contribution in [2.24, 2.45) is 0 Å². The summed E-state index contributed by atoms with van der Waals surface area (Å²) in [5.41, 5.74) is 1.39. The Labute approximate surface area is 116 Å². The Balaban J connectivity index is 2.07. The van der Waals surface area contributed by atoms with Crippen LogP contribution in [0.15, 0.2) is 42.6 Å². The van der Waals surface area contributed by atoms with Crippen molar-refractivity contribution < 1.29 is 12.8 Å². The van der Waals surface area contributed by atoms with Crippen LogP contribution < -0.4 is 10.0 Å². The van der Waals surface area contributed by atoms with Gasteiger partial charge in [0.15, 0.2) is 0 Å². The van der Waals surface area contributed by atoms with Gasteiger partial charge in [0.25, 0.3) is 0 Å². The molecule has 0 unspecified atom stereocenters. The first-order valence-electron chi connectivity index (χ1n) is 5.97. The quantitative estimate of drug-likeness (QED) is 0.889. The number of nitrogens with one attached hydrogen (secondary N) is 2. The maximum Gasteiger partial charge on any atom is 0.233 e. The predicted molar refractivity (Wildman–Crippen MR) is 77.0 cm³/mol. The molecule has 0 amide bonds. The fourth-order valence-electron chi connectivity index (χ4n) is 1.46. The first-order chi connectivity index (χ1) is 9.48. The Morgan fingerprint density at radius 3 is 2.30 bits per heavy atom. The van der Waals surface area contributed by atoms with Gasteiger partial charge in [-0.3, -0.25) is 4.72 Å². The molecule has 0 aliphatic carbocycles. The number of pyridine rings is 1. The third-order valence-corrected chi connectivity index (χ3v) is 3.82. The molecule has 7 heteroatoms. The van der Waals surface area contributed by atoms with E-state index in [4.69, 9.17) is 0 Å². The van der Waals surface area contributed by atoms with Gasteiger partial charge >= 0.3 is 0 Å². The summed E-state index contributed by atoms with van der Waals surface area (Å²) in [6.45, 7) is 1.55. The molecule has 1 heterocycles. The molecule has 0 aliphatic rings. The molecule has 2 aromatic rings. The zero-order valence-electron chi connectivity index (χ0n) is 10.8. The van der Waals surface area contributed by atoms with Crippen LogP contribution in [0.1, 0.15) is 6.92 Å². The lowest BCUT2D eigenvalue weighted by Gasteiger charge is -2.08. The van der Waals surface area contributed by atoms with E-state index in [2.05, 4.69) is 15.0 Å². The highest BCUT2D eigenvalue weighted by atomic mass is 32.2. The summed E-state index contributed by atoms with van der Waals surface area (Å²) >= 11 is 0. The van der Waals surface area contributed by atoms with E-state index in [1.807, 2.05) is 0 Å². The Hall–Kier alpha value is -2.15. The Bertz CT molecular complexity index is 670. The van der Waals surface area contributed by atoms with E-state index < -0.39 is 10.0 Å². The van der Waals surface area contributed by atoms with Gasteiger partial charge in [0.2, 0.25) is 10.0 Å². The minimum absolute atomic E-state index is 0.00966. The summed E-state index contributed by atoms with van der Waals surface area (Å²) in [7, 11) is -3.32. The molecular weight excluding hydrogens is 281 g/mol. The second kappa shape index (κ2) is 5.87. The lowest BCUT2D eigenvalue weighted by molar-refractivity contribution is 0.602. The number of nitrogens with zero attached hydrogens (tertiary/aromatic N) is 1. The van der Waals surface area contributed by atoms with Gasteiger partial charge in [0.05, 0.1) is 17.6 Å². The molecule has 0 radical (unpaired) electrons. The molecule has 0 aliphatic heterocycles. The largest absolute Gasteiger partial charge is 0.354 e. The van der Waals surface area contributed by atoms with Crippen molar-refractivity contribution in [1.29, 1.82) is 0 Å². The van der Waals surface area contributed by atoms with Crippen molar-refractivity contribution in [1.82, 2.24) is 4.98 Å². The van der Waals surface area contributed by atoms with Crippen molar-refractivity contribution >= 4 is 27.2 Å². The van der Waals surface area contributed by atoms with Gasteiger partial charge in [0, 0.05) is 5.69 Å². The molecule has 1 aromatic carbocycles. The van der Waals surface area contributed by atoms with Gasteiger partial charge in [0.1, 0.15) is 11.6 Å². The Kier molecular flexibility index (Phi) is 4.19. The zero-order chi connectivity index (χ0) is 14.6. The van der Waals surface area contributed by atoms with Gasteiger partial charge in [-0.2, -0.15) is 0 Å². The van der Waals surface area contributed by atoms with Crippen LogP contribution in [-0.4, -0.2) is 19.2 Å². The van der Waals surface area contributed by atoms with Gasteiger partial charge in [-0.1, -0.05) is 0 Å². The monoisotopic (exact) mass is 295 g/mol. The SMILES string of the molecule is CCS(=O)(=O)Nc1ccc(Nc2ccc(F)cc2)cn1. The van der Waals surface area contributed by atoms with Crippen molar-refractivity contribution in [2.75, 3.05) is 15.8 Å². The number of hydrogen-bond acceptors (Lipinski definition) is 4. The summed E-state index contributed by atoms with van der Waals surface area (Å²) in [6.07, 6.45) is 1.50. The predicted octanol–water partition coefficient (Wildman–Crippen LogP) is 2.73. The molecule has 106 valence electrons. The maximum absolute atomic E-state index is 12.8. The molecule has 2 N–H and O–H groups in total. The van der Waals surface area contributed by atoms with Crippen molar-refractivity contribution in [3.63, 3.8) is 0 Å². The number of anilines is 3. The highest BCUT2D eigenvalue weighted by Crippen LogP contribution is 2.17. The average Bonchev–Trinajstić information content (AvgIpc) is 2.43. The van der Waals surface area contributed by atoms with Gasteiger partial charge < -0.3 is 5.32 Å². The van der Waals surface area contributed by atoms with Crippen LogP contribution in [0, 0.1) is 5.82 Å². The molecule has 0 spiro atoms. The van der Waals surface area contributed by atoms with Crippen molar-refractivity contribution in [3.8, 4) is 0 Å². The highest BCUT2D eigenvalue weighted by Gasteiger charge is 2.07. The van der Waals surface area contributed by atoms with E-state index in [-0.39, 0.29) is 17.4 Å². The summed E-state index contributed by atoms with van der Waals surface area (Å²) in [6, 6.07) is 9.13. The molecule has 20 heavy (non-hydrogen) atoms. The minimum Gasteiger partial charge on any atom is -0.354 e. The topological polar surface area (TPSA) is 71.1 Å². The summed E-state index contributed by atoms with van der Waals surface area (Å²) in [5.74, 6) is -0.0564. The van der Waals surface area contributed by atoms with Crippen LogP contribution in [0.5, 0.6) is 0 Å². The first kappa shape index (κ1) is 14.3. The van der Waals surface area contributed by atoms with Crippen molar-refractivity contribution in [3.05, 3.63) is 48.4 Å². The van der Waals surface area contributed by atoms with E-state index in [1.54, 1.807) is 31.2 Å². The molecular formula is C13H14FN3O2S. The van der Waals surface area contributed by atoms with E-state index in [0.29, 0.717) is 5.69 Å². The number of rotatable bonds is 5. The molecule has 0 fully saturated rings. The third-order valence-electron chi connectivity index (χ3n) is 2.54. The van der Waals surface area contributed by atoms with Crippen LogP contribution >= 0.6 is 0 Å². The lowest BCUT2D eigenvalue weighted by Crippen LogP contribution is -2.15. The van der Waals surface area contributed by atoms with E-state index in [1.165, 1.54) is 18.3 Å². The van der Waals surface area contributed by atoms with E-state index in [0.717, 1.165) is 5.69 Å². The smallest absolute Gasteiger partial charge is 0.233 e. The van der Waals surface area contributed by atoms with Crippen LogP contribution in [0.4, 0.5) is 21.6 Å². The summed E-state index contributed by atoms with van der Waals surface area (Å²) < 4.78 is 37.9. The second-order valence-electron chi connectivity index (χ2n) is 4.07. The summed E-state index contributed by atoms with van der Waals surface area (Å²) in [5, 5.41) is 3.03. The Morgan fingerprint density at radius 1 is 1.10 bits per heavy atom. The maximum atomic E-state index is 12.8. The number of hydrogen-bond donors (Lipinski definition) is 2. The minimum atomic E-state index is -3.32. The third kappa shape index (κ3) is 3.92. The molecule has 0 atom stereocenters. The van der Waals surface area contributed by atoms with Gasteiger partial charge in [-0.05, 0) is 43.3 Å². The first-order valence-corrected chi connectivity index (χ1v) is 7.63. The molecule has 0 saturated heterocycles. The molecule has 0 bridgehead atoms. The number of benzene rings is 1. The summed E-state index contributed by atoms with van der Waals surface area (Å²) in [4.78, 5) is 4.00. The van der Waals surface area contributed by atoms with Crippen LogP contribution in [0.2, 0.25) is 0 Å². The standard InChI is InChI=1S/C13H14FN3O2S/c1-2-20(18,19)17-13-8-7-12(9-15-13)16-11-5-3-10(14)4-6-11/h3-9,16H,2H2,1H3,(H,15,17). The van der Waals surface area contributed by atoms with Crippen LogP contribution in [-0.2, 0) is 10.0 Å². The van der Waals surface area contributed by atoms with Crippen LogP contribution in [0.3, 0.4) is 0 Å². The second-order valence-corrected chi connectivity index (χ2v) is 6.08. The van der Waals surface area contributed by atoms with E-state index in [9.17, 15) is 12.8 Å². The normalized spacial score (nSPS) is 11.1. The van der Waals surface area contributed by atoms with Crippen LogP contribution in [0.25, 0.3) is 0 Å². The molecule has 0 saturated carbocycles. The molecule has 1 aromatic heterocycles. The fraction of sp³-hybridized carbons (Fsp3) is 0.154. The van der Waals surface area contributed by atoms with Gasteiger partial charge in [-0.15, -0.1) is 0 Å². The molecule has 2 rings (SSSR count). The number of sulfonamides is 1. The Morgan fingerprint density at radius 2 is 1.75 bits per heavy atom. The highest BCUT2D eigenvalue weighted by molar-refractivity contribution is 7.92. The number of aromatic nitrogens is 1. The molecule has 5 nitrogen and oxygen atoms in total. The van der Waals surface area contributed by atoms with E-state index >= 15 is 0 Å². The average molecular weight is 295 g/mol. The van der Waals surface area contributed by atoms with Gasteiger partial charge in [-0.25, -0.2) is 17.8 Å².